The Hall–Kier alpha value is -3.11. The number of rotatable bonds is 2. The minimum atomic E-state index is 0.531. The molecule has 5 aromatic rings. The molecular formula is C23H14BrN3. The Morgan fingerprint density at radius 1 is 0.481 bits per heavy atom. The molecule has 27 heavy (non-hydrogen) atoms. The first-order valence-electron chi connectivity index (χ1n) is 8.66. The van der Waals surface area contributed by atoms with Gasteiger partial charge in [0.05, 0.1) is 0 Å². The Balaban J connectivity index is 1.64. The summed E-state index contributed by atoms with van der Waals surface area (Å²) in [6.45, 7) is 0. The predicted molar refractivity (Wildman–Crippen MR) is 113 cm³/mol. The van der Waals surface area contributed by atoms with Crippen molar-refractivity contribution >= 4 is 37.5 Å². The van der Waals surface area contributed by atoms with Crippen LogP contribution in [-0.2, 0) is 0 Å². The zero-order valence-corrected chi connectivity index (χ0v) is 15.9. The summed E-state index contributed by atoms with van der Waals surface area (Å²) in [6.07, 6.45) is 0. The van der Waals surface area contributed by atoms with Crippen molar-refractivity contribution in [2.75, 3.05) is 0 Å². The van der Waals surface area contributed by atoms with E-state index in [1.165, 1.54) is 21.5 Å². The number of hydrogen-bond acceptors (Lipinski definition) is 3. The molecule has 0 spiro atoms. The Kier molecular flexibility index (Phi) is 3.91. The Morgan fingerprint density at radius 3 is 1.41 bits per heavy atom. The standard InChI is InChI=1S/C23H14BrN3/c24-23-26-21(19-11-9-15-5-1-3-7-17(15)13-19)25-22(27-23)20-12-10-16-6-2-4-8-18(16)14-20/h1-14H. The number of benzene rings is 4. The van der Waals surface area contributed by atoms with Gasteiger partial charge in [-0.1, -0.05) is 72.8 Å². The summed E-state index contributed by atoms with van der Waals surface area (Å²) in [6, 6.07) is 29.1. The van der Waals surface area contributed by atoms with Crippen LogP contribution < -0.4 is 0 Å². The number of aromatic nitrogens is 3. The van der Waals surface area contributed by atoms with E-state index in [2.05, 4.69) is 74.4 Å². The summed E-state index contributed by atoms with van der Waals surface area (Å²) in [5.41, 5.74) is 1.94. The molecule has 128 valence electrons. The highest BCUT2D eigenvalue weighted by molar-refractivity contribution is 9.10. The fraction of sp³-hybridized carbons (Fsp3) is 0. The van der Waals surface area contributed by atoms with Crippen LogP contribution in [0.4, 0.5) is 0 Å². The van der Waals surface area contributed by atoms with Crippen molar-refractivity contribution in [2.24, 2.45) is 0 Å². The van der Waals surface area contributed by atoms with Crippen LogP contribution in [0.15, 0.2) is 89.7 Å². The minimum absolute atomic E-state index is 0.531. The summed E-state index contributed by atoms with van der Waals surface area (Å²) >= 11 is 3.44. The Labute approximate surface area is 164 Å². The van der Waals surface area contributed by atoms with Crippen molar-refractivity contribution < 1.29 is 0 Å². The highest BCUT2D eigenvalue weighted by Crippen LogP contribution is 2.27. The minimum Gasteiger partial charge on any atom is -0.208 e. The van der Waals surface area contributed by atoms with Gasteiger partial charge >= 0.3 is 0 Å². The van der Waals surface area contributed by atoms with Crippen LogP contribution in [0.3, 0.4) is 0 Å². The smallest absolute Gasteiger partial charge is 0.200 e. The van der Waals surface area contributed by atoms with Gasteiger partial charge < -0.3 is 0 Å². The van der Waals surface area contributed by atoms with Gasteiger partial charge in [0.1, 0.15) is 0 Å². The first kappa shape index (κ1) is 16.1. The average Bonchev–Trinajstić information content (AvgIpc) is 2.72. The molecule has 0 radical (unpaired) electrons. The van der Waals surface area contributed by atoms with Crippen molar-refractivity contribution in [1.29, 1.82) is 0 Å². The molecule has 5 rings (SSSR count). The summed E-state index contributed by atoms with van der Waals surface area (Å²) in [7, 11) is 0. The Bertz CT molecular complexity index is 1200. The molecule has 0 atom stereocenters. The van der Waals surface area contributed by atoms with Gasteiger partial charge in [0.15, 0.2) is 11.6 Å². The third-order valence-corrected chi connectivity index (χ3v) is 4.98. The van der Waals surface area contributed by atoms with Crippen molar-refractivity contribution in [3.63, 3.8) is 0 Å². The lowest BCUT2D eigenvalue weighted by Crippen LogP contribution is -1.97. The fourth-order valence-electron chi connectivity index (χ4n) is 3.27. The first-order valence-corrected chi connectivity index (χ1v) is 9.45. The predicted octanol–water partition coefficient (Wildman–Crippen LogP) is 6.27. The number of halogens is 1. The third-order valence-electron chi connectivity index (χ3n) is 4.62. The molecule has 4 aromatic carbocycles. The lowest BCUT2D eigenvalue weighted by atomic mass is 10.1. The third kappa shape index (κ3) is 3.09. The average molecular weight is 412 g/mol. The lowest BCUT2D eigenvalue weighted by molar-refractivity contribution is 1.03. The van der Waals surface area contributed by atoms with E-state index >= 15 is 0 Å². The van der Waals surface area contributed by atoms with Crippen LogP contribution in [0, 0.1) is 0 Å². The highest BCUT2D eigenvalue weighted by Gasteiger charge is 2.10. The van der Waals surface area contributed by atoms with E-state index in [0.29, 0.717) is 16.4 Å². The SMILES string of the molecule is Brc1nc(-c2ccc3ccccc3c2)nc(-c2ccc3ccccc3c2)n1. The van der Waals surface area contributed by atoms with Gasteiger partial charge in [0, 0.05) is 11.1 Å². The van der Waals surface area contributed by atoms with Gasteiger partial charge in [-0.3, -0.25) is 0 Å². The highest BCUT2D eigenvalue weighted by atomic mass is 79.9. The zero-order chi connectivity index (χ0) is 18.2. The van der Waals surface area contributed by atoms with Gasteiger partial charge in [-0.2, -0.15) is 0 Å². The van der Waals surface area contributed by atoms with E-state index in [-0.39, 0.29) is 0 Å². The molecule has 1 aromatic heterocycles. The molecule has 0 unspecified atom stereocenters. The van der Waals surface area contributed by atoms with Crippen molar-refractivity contribution in [3.8, 4) is 22.8 Å². The maximum atomic E-state index is 4.74. The number of hydrogen-bond donors (Lipinski definition) is 0. The number of fused-ring (bicyclic) bond motifs is 2. The van der Waals surface area contributed by atoms with E-state index in [0.717, 1.165) is 11.1 Å². The van der Waals surface area contributed by atoms with Crippen LogP contribution in [0.25, 0.3) is 44.3 Å². The maximum Gasteiger partial charge on any atom is 0.200 e. The van der Waals surface area contributed by atoms with Gasteiger partial charge in [0.25, 0.3) is 0 Å². The van der Waals surface area contributed by atoms with Gasteiger partial charge in [-0.15, -0.1) is 0 Å². The molecule has 0 bridgehead atoms. The summed E-state index contributed by atoms with van der Waals surface area (Å²) in [5.74, 6) is 1.32. The summed E-state index contributed by atoms with van der Waals surface area (Å²) in [4.78, 5) is 13.7. The van der Waals surface area contributed by atoms with E-state index in [4.69, 9.17) is 4.98 Å². The maximum absolute atomic E-state index is 4.74. The quantitative estimate of drug-likeness (QED) is 0.343. The van der Waals surface area contributed by atoms with Gasteiger partial charge in [-0.05, 0) is 49.6 Å². The monoisotopic (exact) mass is 411 g/mol. The van der Waals surface area contributed by atoms with Crippen LogP contribution >= 0.6 is 15.9 Å². The molecule has 0 N–H and O–H groups in total. The molecule has 0 aliphatic heterocycles. The molecule has 0 saturated carbocycles. The van der Waals surface area contributed by atoms with Crippen molar-refractivity contribution in [2.45, 2.75) is 0 Å². The van der Waals surface area contributed by atoms with Crippen LogP contribution in [-0.4, -0.2) is 15.0 Å². The van der Waals surface area contributed by atoms with Crippen LogP contribution in [0.1, 0.15) is 0 Å². The summed E-state index contributed by atoms with van der Waals surface area (Å²) in [5, 5.41) is 4.73. The van der Waals surface area contributed by atoms with Crippen LogP contribution in [0.5, 0.6) is 0 Å². The molecular weight excluding hydrogens is 398 g/mol. The van der Waals surface area contributed by atoms with Gasteiger partial charge in [0.2, 0.25) is 4.73 Å². The molecule has 0 fully saturated rings. The van der Waals surface area contributed by atoms with Crippen molar-refractivity contribution in [1.82, 2.24) is 15.0 Å². The van der Waals surface area contributed by atoms with E-state index < -0.39 is 0 Å². The second-order valence-corrected chi connectivity index (χ2v) is 7.08. The first-order chi connectivity index (χ1) is 13.3. The normalized spacial score (nSPS) is 11.1. The number of nitrogens with zero attached hydrogens (tertiary/aromatic N) is 3. The van der Waals surface area contributed by atoms with Crippen molar-refractivity contribution in [3.05, 3.63) is 89.7 Å². The largest absolute Gasteiger partial charge is 0.208 e. The second kappa shape index (κ2) is 6.56. The van der Waals surface area contributed by atoms with E-state index in [1.807, 2.05) is 36.4 Å². The molecule has 4 heteroatoms. The van der Waals surface area contributed by atoms with Gasteiger partial charge in [-0.25, -0.2) is 15.0 Å². The van der Waals surface area contributed by atoms with Crippen LogP contribution in [0.2, 0.25) is 0 Å². The molecule has 0 aliphatic carbocycles. The Morgan fingerprint density at radius 2 is 0.926 bits per heavy atom. The second-order valence-electron chi connectivity index (χ2n) is 6.38. The summed E-state index contributed by atoms with van der Waals surface area (Å²) < 4.78 is 0.531. The fourth-order valence-corrected chi connectivity index (χ4v) is 3.60. The van der Waals surface area contributed by atoms with E-state index in [9.17, 15) is 0 Å². The molecule has 0 saturated heterocycles. The topological polar surface area (TPSA) is 38.7 Å². The molecule has 1 heterocycles. The lowest BCUT2D eigenvalue weighted by Gasteiger charge is -2.07. The molecule has 0 amide bonds. The zero-order valence-electron chi connectivity index (χ0n) is 14.3. The molecule has 0 aliphatic rings. The van der Waals surface area contributed by atoms with E-state index in [1.54, 1.807) is 0 Å². The molecule has 3 nitrogen and oxygen atoms in total.